The van der Waals surface area contributed by atoms with E-state index < -0.39 is 0 Å². The average molecular weight is 340 g/mol. The Hall–Kier alpha value is -2.74. The molecule has 8 nitrogen and oxygen atoms in total. The van der Waals surface area contributed by atoms with Crippen molar-refractivity contribution in [1.29, 1.82) is 0 Å². The summed E-state index contributed by atoms with van der Waals surface area (Å²) >= 11 is 0. The zero-order chi connectivity index (χ0) is 17.1. The minimum atomic E-state index is 0.348. The molecule has 0 aromatic carbocycles. The zero-order valence-electron chi connectivity index (χ0n) is 14.1. The van der Waals surface area contributed by atoms with Crippen LogP contribution in [0.5, 0.6) is 0 Å². The third-order valence-electron chi connectivity index (χ3n) is 4.32. The number of anilines is 1. The quantitative estimate of drug-likeness (QED) is 0.755. The Morgan fingerprint density at radius 1 is 1.28 bits per heavy atom. The summed E-state index contributed by atoms with van der Waals surface area (Å²) in [4.78, 5) is 6.65. The molecule has 4 rings (SSSR count). The third-order valence-corrected chi connectivity index (χ3v) is 4.32. The molecule has 1 N–H and O–H groups in total. The molecule has 0 spiro atoms. The lowest BCUT2D eigenvalue weighted by atomic mass is 10.1. The molecule has 1 aliphatic rings. The van der Waals surface area contributed by atoms with Gasteiger partial charge < -0.3 is 19.2 Å². The van der Waals surface area contributed by atoms with Gasteiger partial charge in [-0.05, 0) is 38.0 Å². The molecule has 8 heteroatoms. The van der Waals surface area contributed by atoms with E-state index in [9.17, 15) is 0 Å². The van der Waals surface area contributed by atoms with E-state index in [1.54, 1.807) is 12.5 Å². The molecule has 0 saturated carbocycles. The number of furan rings is 1. The molecule has 0 bridgehead atoms. The predicted molar refractivity (Wildman–Crippen MR) is 90.8 cm³/mol. The van der Waals surface area contributed by atoms with Crippen LogP contribution in [0.4, 0.5) is 5.82 Å². The van der Waals surface area contributed by atoms with Crippen molar-refractivity contribution in [3.8, 4) is 11.4 Å². The van der Waals surface area contributed by atoms with Crippen LogP contribution in [-0.2, 0) is 6.54 Å². The van der Waals surface area contributed by atoms with Crippen LogP contribution >= 0.6 is 0 Å². The van der Waals surface area contributed by atoms with E-state index in [0.717, 1.165) is 43.0 Å². The van der Waals surface area contributed by atoms with Gasteiger partial charge in [-0.15, -0.1) is 5.10 Å². The summed E-state index contributed by atoms with van der Waals surface area (Å²) in [6.07, 6.45) is 5.41. The average Bonchev–Trinajstić information content (AvgIpc) is 3.32. The number of piperidine rings is 1. The number of nitrogens with zero attached hydrogens (tertiary/aromatic N) is 5. The number of rotatable bonds is 5. The second kappa shape index (κ2) is 7.02. The van der Waals surface area contributed by atoms with Gasteiger partial charge in [0.1, 0.15) is 6.26 Å². The van der Waals surface area contributed by atoms with Crippen LogP contribution in [0.15, 0.2) is 39.7 Å². The molecule has 3 aromatic rings. The van der Waals surface area contributed by atoms with E-state index in [4.69, 9.17) is 8.94 Å². The molecule has 4 heterocycles. The van der Waals surface area contributed by atoms with E-state index in [1.807, 2.05) is 25.1 Å². The van der Waals surface area contributed by atoms with Crippen molar-refractivity contribution in [2.45, 2.75) is 32.4 Å². The van der Waals surface area contributed by atoms with Gasteiger partial charge in [0.25, 0.3) is 0 Å². The van der Waals surface area contributed by atoms with Gasteiger partial charge in [-0.1, -0.05) is 5.16 Å². The van der Waals surface area contributed by atoms with Crippen LogP contribution in [0.2, 0.25) is 0 Å². The maximum Gasteiger partial charge on any atom is 0.240 e. The van der Waals surface area contributed by atoms with Crippen LogP contribution in [0.25, 0.3) is 11.4 Å². The Labute approximate surface area is 145 Å². The Morgan fingerprint density at radius 3 is 3.04 bits per heavy atom. The molecule has 0 aliphatic carbocycles. The van der Waals surface area contributed by atoms with Crippen molar-refractivity contribution in [3.05, 3.63) is 42.3 Å². The highest BCUT2D eigenvalue weighted by atomic mass is 16.5. The van der Waals surface area contributed by atoms with Gasteiger partial charge in [0.15, 0.2) is 5.82 Å². The zero-order valence-corrected chi connectivity index (χ0v) is 14.1. The number of hydrogen-bond donors (Lipinski definition) is 1. The Balaban J connectivity index is 1.34. The molecule has 0 amide bonds. The smallest absolute Gasteiger partial charge is 0.240 e. The molecule has 130 valence electrons. The first-order valence-corrected chi connectivity index (χ1v) is 8.42. The van der Waals surface area contributed by atoms with Crippen molar-refractivity contribution >= 4 is 5.82 Å². The van der Waals surface area contributed by atoms with Crippen LogP contribution in [0.1, 0.15) is 24.4 Å². The lowest BCUT2D eigenvalue weighted by Gasteiger charge is -2.33. The molecular weight excluding hydrogens is 320 g/mol. The van der Waals surface area contributed by atoms with Gasteiger partial charge in [-0.2, -0.15) is 10.1 Å². The summed E-state index contributed by atoms with van der Waals surface area (Å²) in [5.74, 6) is 2.05. The minimum absolute atomic E-state index is 0.348. The van der Waals surface area contributed by atoms with E-state index in [2.05, 4.69) is 30.6 Å². The highest BCUT2D eigenvalue weighted by Crippen LogP contribution is 2.18. The molecule has 0 radical (unpaired) electrons. The summed E-state index contributed by atoms with van der Waals surface area (Å²) in [5, 5.41) is 15.9. The third kappa shape index (κ3) is 3.69. The number of hydrogen-bond acceptors (Lipinski definition) is 8. The monoisotopic (exact) mass is 340 g/mol. The predicted octanol–water partition coefficient (Wildman–Crippen LogP) is 2.19. The standard InChI is InChI=1S/C17H20N6O2/c1-12-4-5-15(21-20-12)23-7-2-3-14(10-23)18-9-16-19-17(22-25-16)13-6-8-24-11-13/h4-6,8,11,14,18H,2-3,7,9-10H2,1H3/t14-/m1/s1. The largest absolute Gasteiger partial charge is 0.472 e. The highest BCUT2D eigenvalue weighted by molar-refractivity contribution is 5.51. The summed E-state index contributed by atoms with van der Waals surface area (Å²) in [6.45, 7) is 4.38. The summed E-state index contributed by atoms with van der Waals surface area (Å²) in [6, 6.07) is 6.18. The summed E-state index contributed by atoms with van der Waals surface area (Å²) < 4.78 is 10.3. The molecule has 1 aliphatic heterocycles. The van der Waals surface area contributed by atoms with Crippen LogP contribution in [0.3, 0.4) is 0 Å². The van der Waals surface area contributed by atoms with E-state index in [1.165, 1.54) is 0 Å². The fourth-order valence-electron chi connectivity index (χ4n) is 2.98. The lowest BCUT2D eigenvalue weighted by Crippen LogP contribution is -2.45. The molecule has 0 unspecified atom stereocenters. The van der Waals surface area contributed by atoms with Crippen LogP contribution < -0.4 is 10.2 Å². The van der Waals surface area contributed by atoms with Gasteiger partial charge in [-0.3, -0.25) is 0 Å². The highest BCUT2D eigenvalue weighted by Gasteiger charge is 2.21. The van der Waals surface area contributed by atoms with Gasteiger partial charge >= 0.3 is 0 Å². The second-order valence-corrected chi connectivity index (χ2v) is 6.22. The first-order valence-electron chi connectivity index (χ1n) is 8.42. The number of aryl methyl sites for hydroxylation is 1. The van der Waals surface area contributed by atoms with Crippen LogP contribution in [0, 0.1) is 6.92 Å². The van der Waals surface area contributed by atoms with Gasteiger partial charge in [-0.25, -0.2) is 0 Å². The van der Waals surface area contributed by atoms with Crippen molar-refractivity contribution < 1.29 is 8.94 Å². The lowest BCUT2D eigenvalue weighted by molar-refractivity contribution is 0.343. The van der Waals surface area contributed by atoms with Crippen molar-refractivity contribution in [3.63, 3.8) is 0 Å². The maximum absolute atomic E-state index is 5.30. The van der Waals surface area contributed by atoms with Gasteiger partial charge in [0.05, 0.1) is 24.1 Å². The fraction of sp³-hybridized carbons (Fsp3) is 0.412. The summed E-state index contributed by atoms with van der Waals surface area (Å²) in [7, 11) is 0. The first kappa shape index (κ1) is 15.8. The topological polar surface area (TPSA) is 93.1 Å². The molecule has 1 atom stereocenters. The van der Waals surface area contributed by atoms with Crippen molar-refractivity contribution in [2.75, 3.05) is 18.0 Å². The van der Waals surface area contributed by atoms with Crippen LogP contribution in [-0.4, -0.2) is 39.5 Å². The first-order chi connectivity index (χ1) is 12.3. The molecule has 1 saturated heterocycles. The van der Waals surface area contributed by atoms with Gasteiger partial charge in [0.2, 0.25) is 11.7 Å². The maximum atomic E-state index is 5.30. The summed E-state index contributed by atoms with van der Waals surface area (Å²) in [5.41, 5.74) is 1.75. The van der Waals surface area contributed by atoms with E-state index in [-0.39, 0.29) is 0 Å². The fourth-order valence-corrected chi connectivity index (χ4v) is 2.98. The minimum Gasteiger partial charge on any atom is -0.472 e. The number of nitrogens with one attached hydrogen (secondary N) is 1. The second-order valence-electron chi connectivity index (χ2n) is 6.22. The molecule has 1 fully saturated rings. The normalized spacial score (nSPS) is 17.8. The SMILES string of the molecule is Cc1ccc(N2CCC[C@@H](NCc3nc(-c4ccoc4)no3)C2)nn1. The Morgan fingerprint density at radius 2 is 2.24 bits per heavy atom. The molecule has 3 aromatic heterocycles. The van der Waals surface area contributed by atoms with Crippen molar-refractivity contribution in [2.24, 2.45) is 0 Å². The Bertz CT molecular complexity index is 799. The number of aromatic nitrogens is 4. The van der Waals surface area contributed by atoms with E-state index in [0.29, 0.717) is 24.3 Å². The van der Waals surface area contributed by atoms with Gasteiger partial charge in [0, 0.05) is 19.1 Å². The molecule has 25 heavy (non-hydrogen) atoms. The Kier molecular flexibility index (Phi) is 4.43. The van der Waals surface area contributed by atoms with E-state index >= 15 is 0 Å². The van der Waals surface area contributed by atoms with Crippen molar-refractivity contribution in [1.82, 2.24) is 25.7 Å². The molecular formula is C17H20N6O2.